The molecule has 0 aromatic carbocycles. The molecular formula is C9H18O2S3. The van der Waals surface area contributed by atoms with Crippen LogP contribution in [0.1, 0.15) is 19.8 Å². The highest BCUT2D eigenvalue weighted by molar-refractivity contribution is 8.29. The molecule has 0 aliphatic heterocycles. The standard InChI is InChI=1S/C9H18O2S3/c1-5-8(6-7-10)9(12-2,13-3)14(4)11/h7-8H,5-6H2,1-4H3. The van der Waals surface area contributed by atoms with E-state index in [-0.39, 0.29) is 9.33 Å². The summed E-state index contributed by atoms with van der Waals surface area (Å²) in [6.07, 6.45) is 7.97. The molecule has 2 atom stereocenters. The van der Waals surface area contributed by atoms with Crippen LogP contribution in [0.4, 0.5) is 0 Å². The van der Waals surface area contributed by atoms with E-state index in [1.165, 1.54) is 0 Å². The fraction of sp³-hybridized carbons (Fsp3) is 0.889. The van der Waals surface area contributed by atoms with E-state index in [0.29, 0.717) is 6.42 Å². The summed E-state index contributed by atoms with van der Waals surface area (Å²) in [4.78, 5) is 10.6. The van der Waals surface area contributed by atoms with Crippen molar-refractivity contribution < 1.29 is 9.00 Å². The highest BCUT2D eigenvalue weighted by Crippen LogP contribution is 2.45. The van der Waals surface area contributed by atoms with E-state index in [1.54, 1.807) is 29.8 Å². The van der Waals surface area contributed by atoms with Crippen molar-refractivity contribution in [3.05, 3.63) is 0 Å². The van der Waals surface area contributed by atoms with Gasteiger partial charge in [0.05, 0.1) is 0 Å². The van der Waals surface area contributed by atoms with Gasteiger partial charge in [-0.25, -0.2) is 0 Å². The van der Waals surface area contributed by atoms with Gasteiger partial charge in [-0.05, 0) is 18.9 Å². The van der Waals surface area contributed by atoms with Crippen LogP contribution in [0.2, 0.25) is 0 Å². The molecule has 0 bridgehead atoms. The van der Waals surface area contributed by atoms with Crippen LogP contribution in [-0.4, -0.2) is 32.7 Å². The number of aldehydes is 1. The molecule has 84 valence electrons. The van der Waals surface area contributed by atoms with Crippen molar-refractivity contribution in [1.82, 2.24) is 0 Å². The van der Waals surface area contributed by atoms with Gasteiger partial charge < -0.3 is 4.79 Å². The molecule has 2 nitrogen and oxygen atoms in total. The van der Waals surface area contributed by atoms with Crippen molar-refractivity contribution in [1.29, 1.82) is 0 Å². The highest BCUT2D eigenvalue weighted by Gasteiger charge is 2.40. The molecule has 0 saturated heterocycles. The van der Waals surface area contributed by atoms with E-state index < -0.39 is 10.8 Å². The highest BCUT2D eigenvalue weighted by atomic mass is 32.3. The first-order valence-corrected chi connectivity index (χ1v) is 8.47. The minimum absolute atomic E-state index is 0.191. The summed E-state index contributed by atoms with van der Waals surface area (Å²) < 4.78 is 11.4. The molecular weight excluding hydrogens is 236 g/mol. The molecule has 0 amide bonds. The van der Waals surface area contributed by atoms with Crippen molar-refractivity contribution in [2.24, 2.45) is 5.92 Å². The zero-order chi connectivity index (χ0) is 11.2. The maximum atomic E-state index is 11.8. The summed E-state index contributed by atoms with van der Waals surface area (Å²) in [5.41, 5.74) is 0. The first-order valence-electron chi connectivity index (χ1n) is 4.46. The summed E-state index contributed by atoms with van der Waals surface area (Å²) in [7, 11) is -0.926. The predicted molar refractivity (Wildman–Crippen MR) is 68.3 cm³/mol. The van der Waals surface area contributed by atoms with Gasteiger partial charge in [0.2, 0.25) is 0 Å². The second kappa shape index (κ2) is 6.90. The Morgan fingerprint density at radius 2 is 1.93 bits per heavy atom. The number of rotatable bonds is 7. The second-order valence-electron chi connectivity index (χ2n) is 2.97. The van der Waals surface area contributed by atoms with Gasteiger partial charge in [0, 0.05) is 29.4 Å². The third-order valence-corrected chi connectivity index (χ3v) is 8.69. The number of hydrogen-bond acceptors (Lipinski definition) is 4. The molecule has 2 unspecified atom stereocenters. The Labute approximate surface area is 97.4 Å². The topological polar surface area (TPSA) is 34.1 Å². The predicted octanol–water partition coefficient (Wildman–Crippen LogP) is 2.36. The van der Waals surface area contributed by atoms with Gasteiger partial charge in [0.15, 0.2) is 0 Å². The van der Waals surface area contributed by atoms with Crippen LogP contribution in [-0.2, 0) is 15.6 Å². The van der Waals surface area contributed by atoms with Gasteiger partial charge in [-0.15, -0.1) is 23.5 Å². The molecule has 14 heavy (non-hydrogen) atoms. The van der Waals surface area contributed by atoms with Crippen molar-refractivity contribution in [3.63, 3.8) is 0 Å². The Morgan fingerprint density at radius 3 is 2.14 bits per heavy atom. The first kappa shape index (κ1) is 14.5. The molecule has 0 aromatic rings. The van der Waals surface area contributed by atoms with Gasteiger partial charge in [-0.1, -0.05) is 6.92 Å². The molecule has 0 N–H and O–H groups in total. The second-order valence-corrected chi connectivity index (χ2v) is 7.41. The van der Waals surface area contributed by atoms with Crippen LogP contribution in [0.15, 0.2) is 0 Å². The molecule has 0 heterocycles. The minimum Gasteiger partial charge on any atom is -0.303 e. The summed E-state index contributed by atoms with van der Waals surface area (Å²) in [5, 5.41) is 0. The van der Waals surface area contributed by atoms with Crippen LogP contribution in [0.25, 0.3) is 0 Å². The Kier molecular flexibility index (Phi) is 7.16. The van der Waals surface area contributed by atoms with Crippen LogP contribution in [0.5, 0.6) is 0 Å². The fourth-order valence-electron chi connectivity index (χ4n) is 1.56. The molecule has 0 saturated carbocycles. The zero-order valence-corrected chi connectivity index (χ0v) is 11.6. The molecule has 0 rings (SSSR count). The smallest absolute Gasteiger partial charge is 0.139 e. The van der Waals surface area contributed by atoms with Gasteiger partial charge in [0.25, 0.3) is 0 Å². The summed E-state index contributed by atoms with van der Waals surface area (Å²) in [6.45, 7) is 2.04. The average Bonchev–Trinajstić information content (AvgIpc) is 2.18. The largest absolute Gasteiger partial charge is 0.303 e. The van der Waals surface area contributed by atoms with Gasteiger partial charge in [-0.2, -0.15) is 0 Å². The van der Waals surface area contributed by atoms with Crippen molar-refractivity contribution in [3.8, 4) is 0 Å². The number of carbonyl (C=O) groups excluding carboxylic acids is 1. The van der Waals surface area contributed by atoms with Gasteiger partial charge in [0.1, 0.15) is 9.70 Å². The number of hydrogen-bond donors (Lipinski definition) is 0. The minimum atomic E-state index is -0.926. The molecule has 0 aliphatic carbocycles. The van der Waals surface area contributed by atoms with E-state index in [2.05, 4.69) is 0 Å². The van der Waals surface area contributed by atoms with E-state index in [0.717, 1.165) is 12.7 Å². The Balaban J connectivity index is 4.91. The summed E-state index contributed by atoms with van der Waals surface area (Å²) in [6, 6.07) is 0. The van der Waals surface area contributed by atoms with Crippen molar-refractivity contribution >= 4 is 40.6 Å². The monoisotopic (exact) mass is 254 g/mol. The molecule has 0 aliphatic rings. The van der Waals surface area contributed by atoms with Crippen LogP contribution in [0.3, 0.4) is 0 Å². The molecule has 5 heteroatoms. The molecule has 0 radical (unpaired) electrons. The van der Waals surface area contributed by atoms with Crippen LogP contribution >= 0.6 is 23.5 Å². The van der Waals surface area contributed by atoms with E-state index in [9.17, 15) is 9.00 Å². The van der Waals surface area contributed by atoms with Gasteiger partial charge in [-0.3, -0.25) is 4.21 Å². The third kappa shape index (κ3) is 3.00. The fourth-order valence-corrected chi connectivity index (χ4v) is 6.03. The zero-order valence-electron chi connectivity index (χ0n) is 9.11. The SMILES string of the molecule is CCC(CC=O)C(SC)(SC)S(C)=O. The summed E-state index contributed by atoms with van der Waals surface area (Å²) >= 11 is 3.20. The normalized spacial score (nSPS) is 16.3. The van der Waals surface area contributed by atoms with Crippen molar-refractivity contribution in [2.45, 2.75) is 23.2 Å². The lowest BCUT2D eigenvalue weighted by atomic mass is 10.1. The summed E-state index contributed by atoms with van der Waals surface area (Å²) in [5.74, 6) is 0.191. The quantitative estimate of drug-likeness (QED) is 0.516. The van der Waals surface area contributed by atoms with E-state index in [4.69, 9.17) is 0 Å². The Hall–Kier alpha value is 0.520. The lowest BCUT2D eigenvalue weighted by Gasteiger charge is -2.34. The Bertz CT molecular complexity index is 202. The van der Waals surface area contributed by atoms with E-state index >= 15 is 0 Å². The molecule has 0 aromatic heterocycles. The van der Waals surface area contributed by atoms with Gasteiger partial charge >= 0.3 is 0 Å². The van der Waals surface area contributed by atoms with E-state index in [1.807, 2.05) is 19.4 Å². The maximum Gasteiger partial charge on any atom is 0.139 e. The number of thioether (sulfide) groups is 2. The lowest BCUT2D eigenvalue weighted by Crippen LogP contribution is -2.35. The number of carbonyl (C=O) groups is 1. The van der Waals surface area contributed by atoms with Crippen LogP contribution < -0.4 is 0 Å². The molecule has 0 fully saturated rings. The average molecular weight is 254 g/mol. The third-order valence-electron chi connectivity index (χ3n) is 2.34. The maximum absolute atomic E-state index is 11.8. The van der Waals surface area contributed by atoms with Crippen LogP contribution in [0, 0.1) is 5.92 Å². The molecule has 0 spiro atoms. The lowest BCUT2D eigenvalue weighted by molar-refractivity contribution is -0.108. The van der Waals surface area contributed by atoms with Crippen molar-refractivity contribution in [2.75, 3.05) is 18.8 Å². The Morgan fingerprint density at radius 1 is 1.43 bits per heavy atom. The first-order chi connectivity index (χ1) is 6.58.